The molecule has 0 radical (unpaired) electrons. The van der Waals surface area contributed by atoms with E-state index in [0.29, 0.717) is 23.7 Å². The second kappa shape index (κ2) is 7.18. The van der Waals surface area contributed by atoms with Crippen LogP contribution in [0, 0.1) is 11.3 Å². The minimum Gasteiger partial charge on any atom is -0.351 e. The number of fused-ring (bicyclic) bond motifs is 3. The molecule has 3 atom stereocenters. The summed E-state index contributed by atoms with van der Waals surface area (Å²) in [7, 11) is 1.90. The van der Waals surface area contributed by atoms with Crippen molar-refractivity contribution in [2.24, 2.45) is 12.8 Å². The largest absolute Gasteiger partial charge is 0.351 e. The van der Waals surface area contributed by atoms with Crippen LogP contribution >= 0.6 is 0 Å². The van der Waals surface area contributed by atoms with Crippen molar-refractivity contribution in [2.45, 2.75) is 43.8 Å². The molecule has 6 heterocycles. The molecule has 0 unspecified atom stereocenters. The summed E-state index contributed by atoms with van der Waals surface area (Å²) in [6.07, 6.45) is 13.7. The molecule has 4 aromatic heterocycles. The molecule has 6 rings (SSSR count). The van der Waals surface area contributed by atoms with Crippen LogP contribution in [0.2, 0.25) is 0 Å². The third kappa shape index (κ3) is 2.97. The van der Waals surface area contributed by atoms with E-state index in [9.17, 15) is 5.26 Å². The lowest BCUT2D eigenvalue weighted by atomic mass is 9.98. The molecular weight excluding hydrogens is 400 g/mol. The lowest BCUT2D eigenvalue weighted by Gasteiger charge is -2.38. The Bertz CT molecular complexity index is 1330. The van der Waals surface area contributed by atoms with Gasteiger partial charge in [-0.05, 0) is 43.9 Å². The molecule has 2 aliphatic rings. The second-order valence-electron chi connectivity index (χ2n) is 8.94. The maximum Gasteiger partial charge on any atom is 0.129 e. The Hall–Kier alpha value is -3.70. The number of nitrogens with zero attached hydrogens (tertiary/aromatic N) is 7. The molecule has 32 heavy (non-hydrogen) atoms. The molecule has 8 heteroatoms. The average Bonchev–Trinajstić information content (AvgIpc) is 3.49. The lowest BCUT2D eigenvalue weighted by Crippen LogP contribution is -2.47. The van der Waals surface area contributed by atoms with Crippen molar-refractivity contribution in [1.82, 2.24) is 24.4 Å². The zero-order chi connectivity index (χ0) is 21.8. The normalized spacial score (nSPS) is 22.4. The van der Waals surface area contributed by atoms with Crippen LogP contribution in [0.3, 0.4) is 0 Å². The van der Waals surface area contributed by atoms with Gasteiger partial charge in [-0.3, -0.25) is 4.68 Å². The van der Waals surface area contributed by atoms with Crippen molar-refractivity contribution in [1.29, 1.82) is 5.26 Å². The van der Waals surface area contributed by atoms with Gasteiger partial charge in [0, 0.05) is 66.0 Å². The van der Waals surface area contributed by atoms with Gasteiger partial charge in [0.15, 0.2) is 0 Å². The first-order valence-electron chi connectivity index (χ1n) is 11.0. The molecule has 8 nitrogen and oxygen atoms in total. The third-order valence-electron chi connectivity index (χ3n) is 6.86. The van der Waals surface area contributed by atoms with Crippen molar-refractivity contribution < 1.29 is 0 Å². The molecule has 0 spiro atoms. The van der Waals surface area contributed by atoms with E-state index in [-0.39, 0.29) is 0 Å². The number of nitrogens with two attached hydrogens (primary N) is 1. The monoisotopic (exact) mass is 424 g/mol. The molecule has 2 N–H and O–H groups in total. The van der Waals surface area contributed by atoms with E-state index >= 15 is 0 Å². The van der Waals surface area contributed by atoms with E-state index in [0.717, 1.165) is 46.4 Å². The Balaban J connectivity index is 1.43. The topological polar surface area (TPSA) is 101 Å². The van der Waals surface area contributed by atoms with Crippen LogP contribution in [0.15, 0.2) is 49.2 Å². The van der Waals surface area contributed by atoms with Gasteiger partial charge in [0.2, 0.25) is 0 Å². The maximum absolute atomic E-state index is 9.64. The van der Waals surface area contributed by atoms with Crippen LogP contribution in [-0.2, 0) is 7.05 Å². The van der Waals surface area contributed by atoms with E-state index in [1.54, 1.807) is 15.4 Å². The summed E-state index contributed by atoms with van der Waals surface area (Å²) in [5, 5.41) is 18.4. The lowest BCUT2D eigenvalue weighted by molar-refractivity contribution is 0.412. The zero-order valence-electron chi connectivity index (χ0n) is 17.9. The minimum absolute atomic E-state index is 0.304. The van der Waals surface area contributed by atoms with E-state index in [4.69, 9.17) is 10.7 Å². The van der Waals surface area contributed by atoms with Gasteiger partial charge in [-0.25, -0.2) is 9.50 Å². The first kappa shape index (κ1) is 19.0. The van der Waals surface area contributed by atoms with Crippen LogP contribution in [0.4, 0.5) is 5.82 Å². The Labute approximate surface area is 185 Å². The van der Waals surface area contributed by atoms with Crippen molar-refractivity contribution in [3.8, 4) is 28.3 Å². The van der Waals surface area contributed by atoms with Gasteiger partial charge in [0.05, 0.1) is 23.5 Å². The highest BCUT2D eigenvalue weighted by Crippen LogP contribution is 2.39. The van der Waals surface area contributed by atoms with Crippen LogP contribution in [0.5, 0.6) is 0 Å². The number of aryl methyl sites for hydroxylation is 1. The Morgan fingerprint density at radius 2 is 1.81 bits per heavy atom. The van der Waals surface area contributed by atoms with Crippen molar-refractivity contribution in [3.05, 3.63) is 54.7 Å². The molecule has 2 fully saturated rings. The molecule has 0 aliphatic carbocycles. The molecule has 2 bridgehead atoms. The third-order valence-corrected chi connectivity index (χ3v) is 6.86. The summed E-state index contributed by atoms with van der Waals surface area (Å²) in [5.74, 6) is 1.02. The molecule has 0 aromatic carbocycles. The highest BCUT2D eigenvalue weighted by Gasteiger charge is 2.40. The Morgan fingerprint density at radius 1 is 1.00 bits per heavy atom. The van der Waals surface area contributed by atoms with Gasteiger partial charge in [-0.1, -0.05) is 0 Å². The summed E-state index contributed by atoms with van der Waals surface area (Å²) in [5.41, 5.74) is 11.5. The van der Waals surface area contributed by atoms with Crippen molar-refractivity contribution >= 4 is 11.3 Å². The van der Waals surface area contributed by atoms with Crippen LogP contribution in [-0.4, -0.2) is 42.5 Å². The summed E-state index contributed by atoms with van der Waals surface area (Å²) in [6.45, 7) is 0. The number of hydrogen-bond acceptors (Lipinski definition) is 6. The first-order chi connectivity index (χ1) is 15.6. The summed E-state index contributed by atoms with van der Waals surface area (Å²) < 4.78 is 3.55. The number of nitriles is 1. The molecule has 0 amide bonds. The van der Waals surface area contributed by atoms with E-state index in [2.05, 4.69) is 39.4 Å². The number of piperidine rings is 1. The van der Waals surface area contributed by atoms with Gasteiger partial charge in [0.1, 0.15) is 11.9 Å². The van der Waals surface area contributed by atoms with Crippen molar-refractivity contribution in [3.63, 3.8) is 0 Å². The van der Waals surface area contributed by atoms with Crippen LogP contribution in [0.1, 0.15) is 31.2 Å². The quantitative estimate of drug-likeness (QED) is 0.542. The number of aromatic nitrogens is 5. The van der Waals surface area contributed by atoms with Gasteiger partial charge < -0.3 is 10.6 Å². The fraction of sp³-hybridized carbons (Fsp3) is 0.333. The fourth-order valence-corrected chi connectivity index (χ4v) is 5.44. The predicted molar refractivity (Wildman–Crippen MR) is 122 cm³/mol. The van der Waals surface area contributed by atoms with E-state index < -0.39 is 0 Å². The standard InChI is InChI=1S/C24H24N8/c1-30-13-18(12-28-30)16-6-22(24-17(9-25)11-29-31(24)14-16)15-2-5-23(27-10-15)32-20-3-4-21(32)8-19(26)7-20/h2,5-6,10-14,19-21H,3-4,7-8,26H2,1H3/t19-,20-,21+. The highest BCUT2D eigenvalue weighted by atomic mass is 15.3. The zero-order valence-corrected chi connectivity index (χ0v) is 17.9. The SMILES string of the molecule is Cn1cc(-c2cc(-c3ccc(N4[C@@H]5CC[C@H]4C[C@H](N)C5)nc3)c3c(C#N)cnn3c2)cn1. The van der Waals surface area contributed by atoms with Gasteiger partial charge in [-0.2, -0.15) is 15.5 Å². The Morgan fingerprint density at radius 3 is 2.47 bits per heavy atom. The van der Waals surface area contributed by atoms with Gasteiger partial charge >= 0.3 is 0 Å². The predicted octanol–water partition coefficient (Wildman–Crippen LogP) is 3.13. The number of hydrogen-bond donors (Lipinski definition) is 1. The average molecular weight is 425 g/mol. The van der Waals surface area contributed by atoms with E-state index in [1.807, 2.05) is 31.8 Å². The molecular formula is C24H24N8. The second-order valence-corrected chi connectivity index (χ2v) is 8.94. The summed E-state index contributed by atoms with van der Waals surface area (Å²) in [6, 6.07) is 9.85. The summed E-state index contributed by atoms with van der Waals surface area (Å²) >= 11 is 0. The molecule has 2 saturated heterocycles. The van der Waals surface area contributed by atoms with Crippen LogP contribution < -0.4 is 10.6 Å². The number of pyridine rings is 2. The van der Waals surface area contributed by atoms with Crippen molar-refractivity contribution in [2.75, 3.05) is 4.90 Å². The maximum atomic E-state index is 9.64. The highest BCUT2D eigenvalue weighted by molar-refractivity contribution is 5.87. The number of rotatable bonds is 3. The number of anilines is 1. The van der Waals surface area contributed by atoms with E-state index in [1.165, 1.54) is 12.8 Å². The van der Waals surface area contributed by atoms with Gasteiger partial charge in [0.25, 0.3) is 0 Å². The summed E-state index contributed by atoms with van der Waals surface area (Å²) in [4.78, 5) is 7.32. The van der Waals surface area contributed by atoms with Crippen LogP contribution in [0.25, 0.3) is 27.8 Å². The molecule has 0 saturated carbocycles. The molecule has 4 aromatic rings. The fourth-order valence-electron chi connectivity index (χ4n) is 5.44. The molecule has 2 aliphatic heterocycles. The Kier molecular flexibility index (Phi) is 4.26. The minimum atomic E-state index is 0.304. The molecule has 160 valence electrons. The first-order valence-corrected chi connectivity index (χ1v) is 11.0. The smallest absolute Gasteiger partial charge is 0.129 e. The van der Waals surface area contributed by atoms with Gasteiger partial charge in [-0.15, -0.1) is 0 Å².